The van der Waals surface area contributed by atoms with Crippen molar-refractivity contribution < 1.29 is 9.18 Å². The summed E-state index contributed by atoms with van der Waals surface area (Å²) in [6.07, 6.45) is 3.22. The Balaban J connectivity index is 2.32. The van der Waals surface area contributed by atoms with E-state index in [-0.39, 0.29) is 11.7 Å². The minimum atomic E-state index is -0.384. The Labute approximate surface area is 112 Å². The second-order valence-electron chi connectivity index (χ2n) is 3.69. The highest BCUT2D eigenvalue weighted by Crippen LogP contribution is 2.21. The molecule has 0 atom stereocenters. The molecule has 0 unspecified atom stereocenters. The lowest BCUT2D eigenvalue weighted by atomic mass is 10.2. The fourth-order valence-electron chi connectivity index (χ4n) is 1.53. The van der Waals surface area contributed by atoms with Gasteiger partial charge in [0.15, 0.2) is 0 Å². The van der Waals surface area contributed by atoms with Crippen molar-refractivity contribution >= 4 is 27.5 Å². The number of rotatable bonds is 2. The lowest BCUT2D eigenvalue weighted by Crippen LogP contribution is -2.26. The van der Waals surface area contributed by atoms with Crippen LogP contribution in [0.15, 0.2) is 47.2 Å². The Morgan fingerprint density at radius 2 is 1.94 bits per heavy atom. The van der Waals surface area contributed by atoms with Crippen LogP contribution in [0.4, 0.5) is 10.1 Å². The number of hydrogen-bond acceptors (Lipinski definition) is 2. The SMILES string of the molecule is CN(C(=O)c1ccc(F)cc1Br)c1ccncc1. The smallest absolute Gasteiger partial charge is 0.259 e. The zero-order valence-electron chi connectivity index (χ0n) is 9.60. The Morgan fingerprint density at radius 3 is 2.56 bits per heavy atom. The first-order valence-electron chi connectivity index (χ1n) is 5.22. The van der Waals surface area contributed by atoms with Gasteiger partial charge in [-0.25, -0.2) is 4.39 Å². The first-order chi connectivity index (χ1) is 8.59. The molecule has 0 saturated heterocycles. The van der Waals surface area contributed by atoms with Crippen molar-refractivity contribution in [3.05, 3.63) is 58.6 Å². The molecule has 1 amide bonds. The molecular weight excluding hydrogens is 299 g/mol. The van der Waals surface area contributed by atoms with Crippen molar-refractivity contribution in [1.29, 1.82) is 0 Å². The third kappa shape index (κ3) is 2.56. The van der Waals surface area contributed by atoms with Gasteiger partial charge in [-0.1, -0.05) is 0 Å². The molecule has 0 radical (unpaired) electrons. The topological polar surface area (TPSA) is 33.2 Å². The highest BCUT2D eigenvalue weighted by Gasteiger charge is 2.16. The van der Waals surface area contributed by atoms with E-state index in [1.54, 1.807) is 31.6 Å². The molecule has 0 fully saturated rings. The van der Waals surface area contributed by atoms with Gasteiger partial charge in [0, 0.05) is 29.6 Å². The number of aromatic nitrogens is 1. The van der Waals surface area contributed by atoms with Gasteiger partial charge in [-0.2, -0.15) is 0 Å². The summed E-state index contributed by atoms with van der Waals surface area (Å²) in [6.45, 7) is 0. The van der Waals surface area contributed by atoms with Crippen molar-refractivity contribution in [2.24, 2.45) is 0 Å². The van der Waals surface area contributed by atoms with Crippen LogP contribution in [0, 0.1) is 5.82 Å². The summed E-state index contributed by atoms with van der Waals surface area (Å²) in [5.74, 6) is -0.599. The zero-order chi connectivity index (χ0) is 13.1. The summed E-state index contributed by atoms with van der Waals surface area (Å²) in [4.78, 5) is 17.6. The summed E-state index contributed by atoms with van der Waals surface area (Å²) in [5, 5.41) is 0. The van der Waals surface area contributed by atoms with Crippen LogP contribution in [0.1, 0.15) is 10.4 Å². The number of pyridine rings is 1. The van der Waals surface area contributed by atoms with Crippen molar-refractivity contribution in [3.8, 4) is 0 Å². The number of amides is 1. The molecule has 1 aromatic carbocycles. The average Bonchev–Trinajstić information content (AvgIpc) is 2.38. The van der Waals surface area contributed by atoms with Gasteiger partial charge in [0.25, 0.3) is 5.91 Å². The number of halogens is 2. The number of anilines is 1. The molecular formula is C13H10BrFN2O. The normalized spacial score (nSPS) is 10.2. The maximum atomic E-state index is 13.0. The fourth-order valence-corrected chi connectivity index (χ4v) is 2.05. The first kappa shape index (κ1) is 12.7. The van der Waals surface area contributed by atoms with E-state index in [4.69, 9.17) is 0 Å². The maximum absolute atomic E-state index is 13.0. The largest absolute Gasteiger partial charge is 0.311 e. The highest BCUT2D eigenvalue weighted by atomic mass is 79.9. The van der Waals surface area contributed by atoms with Crippen molar-refractivity contribution in [2.75, 3.05) is 11.9 Å². The second kappa shape index (κ2) is 5.27. The summed E-state index contributed by atoms with van der Waals surface area (Å²) >= 11 is 3.19. The zero-order valence-corrected chi connectivity index (χ0v) is 11.2. The van der Waals surface area contributed by atoms with E-state index in [2.05, 4.69) is 20.9 Å². The van der Waals surface area contributed by atoms with Gasteiger partial charge in [0.1, 0.15) is 5.82 Å². The molecule has 0 N–H and O–H groups in total. The molecule has 92 valence electrons. The Kier molecular flexibility index (Phi) is 3.72. The van der Waals surface area contributed by atoms with Crippen LogP contribution in [0.3, 0.4) is 0 Å². The van der Waals surface area contributed by atoms with Gasteiger partial charge in [0.2, 0.25) is 0 Å². The van der Waals surface area contributed by atoms with Crippen LogP contribution < -0.4 is 4.90 Å². The molecule has 0 aliphatic heterocycles. The van der Waals surface area contributed by atoms with E-state index in [0.717, 1.165) is 5.69 Å². The van der Waals surface area contributed by atoms with E-state index in [1.165, 1.54) is 23.1 Å². The summed E-state index contributed by atoms with van der Waals surface area (Å²) in [7, 11) is 1.66. The lowest BCUT2D eigenvalue weighted by Gasteiger charge is -2.17. The third-order valence-electron chi connectivity index (χ3n) is 2.52. The molecule has 0 aliphatic rings. The molecule has 2 aromatic rings. The molecule has 5 heteroatoms. The predicted octanol–water partition coefficient (Wildman–Crippen LogP) is 3.26. The maximum Gasteiger partial charge on any atom is 0.259 e. The number of benzene rings is 1. The minimum absolute atomic E-state index is 0.215. The Bertz CT molecular complexity index is 574. The number of nitrogens with zero attached hydrogens (tertiary/aromatic N) is 2. The van der Waals surface area contributed by atoms with Gasteiger partial charge in [-0.15, -0.1) is 0 Å². The number of carbonyl (C=O) groups is 1. The van der Waals surface area contributed by atoms with Gasteiger partial charge in [-0.05, 0) is 46.3 Å². The monoisotopic (exact) mass is 308 g/mol. The van der Waals surface area contributed by atoms with E-state index in [9.17, 15) is 9.18 Å². The van der Waals surface area contributed by atoms with Crippen LogP contribution in [-0.2, 0) is 0 Å². The van der Waals surface area contributed by atoms with Crippen molar-refractivity contribution in [3.63, 3.8) is 0 Å². The lowest BCUT2D eigenvalue weighted by molar-refractivity contribution is 0.0992. The van der Waals surface area contributed by atoms with Gasteiger partial charge >= 0.3 is 0 Å². The average molecular weight is 309 g/mol. The van der Waals surface area contributed by atoms with Crippen LogP contribution in [0.2, 0.25) is 0 Å². The Hall–Kier alpha value is -1.75. The molecule has 0 aliphatic carbocycles. The van der Waals surface area contributed by atoms with E-state index >= 15 is 0 Å². The molecule has 3 nitrogen and oxygen atoms in total. The molecule has 0 bridgehead atoms. The molecule has 2 rings (SSSR count). The second-order valence-corrected chi connectivity index (χ2v) is 4.55. The fraction of sp³-hybridized carbons (Fsp3) is 0.0769. The molecule has 1 aromatic heterocycles. The molecule has 0 saturated carbocycles. The minimum Gasteiger partial charge on any atom is -0.311 e. The van der Waals surface area contributed by atoms with Crippen molar-refractivity contribution in [2.45, 2.75) is 0 Å². The summed E-state index contributed by atoms with van der Waals surface area (Å²) < 4.78 is 13.4. The van der Waals surface area contributed by atoms with Crippen LogP contribution in [0.5, 0.6) is 0 Å². The third-order valence-corrected chi connectivity index (χ3v) is 3.17. The van der Waals surface area contributed by atoms with E-state index in [1.807, 2.05) is 0 Å². The standard InChI is InChI=1S/C13H10BrFN2O/c1-17(10-4-6-16-7-5-10)13(18)11-3-2-9(15)8-12(11)14/h2-8H,1H3. The predicted molar refractivity (Wildman–Crippen MR) is 71.1 cm³/mol. The quantitative estimate of drug-likeness (QED) is 0.853. The Morgan fingerprint density at radius 1 is 1.28 bits per heavy atom. The van der Waals surface area contributed by atoms with Crippen LogP contribution >= 0.6 is 15.9 Å². The van der Waals surface area contributed by atoms with Gasteiger partial charge < -0.3 is 4.90 Å². The van der Waals surface area contributed by atoms with E-state index in [0.29, 0.717) is 10.0 Å². The van der Waals surface area contributed by atoms with Gasteiger partial charge in [0.05, 0.1) is 5.56 Å². The number of carbonyl (C=O) groups excluding carboxylic acids is 1. The molecule has 1 heterocycles. The van der Waals surface area contributed by atoms with Crippen LogP contribution in [0.25, 0.3) is 0 Å². The summed E-state index contributed by atoms with van der Waals surface area (Å²) in [5.41, 5.74) is 1.14. The number of hydrogen-bond donors (Lipinski definition) is 0. The molecule has 18 heavy (non-hydrogen) atoms. The summed E-state index contributed by atoms with van der Waals surface area (Å²) in [6, 6.07) is 7.45. The van der Waals surface area contributed by atoms with Gasteiger partial charge in [-0.3, -0.25) is 9.78 Å². The first-order valence-corrected chi connectivity index (χ1v) is 6.02. The molecule has 0 spiro atoms. The highest BCUT2D eigenvalue weighted by molar-refractivity contribution is 9.10. The van der Waals surface area contributed by atoms with E-state index < -0.39 is 0 Å². The van der Waals surface area contributed by atoms with Crippen LogP contribution in [-0.4, -0.2) is 17.9 Å². The van der Waals surface area contributed by atoms with Crippen molar-refractivity contribution in [1.82, 2.24) is 4.98 Å².